The number of halogens is 1. The predicted molar refractivity (Wildman–Crippen MR) is 63.9 cm³/mol. The second-order valence-corrected chi connectivity index (χ2v) is 4.44. The Morgan fingerprint density at radius 1 is 1.56 bits per heavy atom. The highest BCUT2D eigenvalue weighted by Crippen LogP contribution is 2.13. The molecule has 1 saturated heterocycles. The predicted octanol–water partition coefficient (Wildman–Crippen LogP) is 0.967. The largest absolute Gasteiger partial charge is 0.394 e. The molecule has 5 heteroatoms. The highest BCUT2D eigenvalue weighted by Gasteiger charge is 2.24. The van der Waals surface area contributed by atoms with Crippen LogP contribution in [0, 0.1) is 12.7 Å². The summed E-state index contributed by atoms with van der Waals surface area (Å²) in [7, 11) is 0. The second kappa shape index (κ2) is 5.46. The van der Waals surface area contributed by atoms with Gasteiger partial charge in [-0.15, -0.1) is 0 Å². The number of amides is 1. The average Bonchev–Trinajstić information content (AvgIpc) is 2.37. The number of hydrogen-bond donors (Lipinski definition) is 1. The molecule has 1 unspecified atom stereocenters. The number of aliphatic hydroxyl groups is 1. The highest BCUT2D eigenvalue weighted by molar-refractivity contribution is 5.94. The third kappa shape index (κ3) is 2.86. The first-order valence-corrected chi connectivity index (χ1v) is 5.89. The maximum absolute atomic E-state index is 13.3. The van der Waals surface area contributed by atoms with Crippen LogP contribution in [0.3, 0.4) is 0 Å². The molecule has 0 spiro atoms. The molecule has 98 valence electrons. The first-order chi connectivity index (χ1) is 8.60. The normalized spacial score (nSPS) is 19.9. The molecule has 1 fully saturated rings. The Labute approximate surface area is 105 Å². The van der Waals surface area contributed by atoms with E-state index < -0.39 is 5.82 Å². The van der Waals surface area contributed by atoms with E-state index in [1.807, 2.05) is 0 Å². The minimum absolute atomic E-state index is 0.119. The number of hydrogen-bond acceptors (Lipinski definition) is 3. The highest BCUT2D eigenvalue weighted by atomic mass is 19.1. The fourth-order valence-corrected chi connectivity index (χ4v) is 2.06. The molecule has 1 aliphatic rings. The molecule has 0 saturated carbocycles. The standard InChI is InChI=1S/C13H16FNO3/c1-9-4-10(6-11(14)5-9)13(17)15-2-3-18-12(7-15)8-16/h4-6,12,16H,2-3,7-8H2,1H3. The first-order valence-electron chi connectivity index (χ1n) is 5.89. The molecule has 1 atom stereocenters. The van der Waals surface area contributed by atoms with Crippen molar-refractivity contribution in [2.75, 3.05) is 26.3 Å². The van der Waals surface area contributed by atoms with Crippen molar-refractivity contribution in [1.29, 1.82) is 0 Å². The molecule has 1 aromatic rings. The van der Waals surface area contributed by atoms with Gasteiger partial charge in [0.15, 0.2) is 0 Å². The van der Waals surface area contributed by atoms with Crippen LogP contribution in [0.25, 0.3) is 0 Å². The van der Waals surface area contributed by atoms with Gasteiger partial charge in [-0.1, -0.05) is 0 Å². The molecular formula is C13H16FNO3. The van der Waals surface area contributed by atoms with Crippen molar-refractivity contribution in [2.24, 2.45) is 0 Å². The number of carbonyl (C=O) groups excluding carboxylic acids is 1. The third-order valence-corrected chi connectivity index (χ3v) is 2.92. The second-order valence-electron chi connectivity index (χ2n) is 4.44. The Morgan fingerprint density at radius 2 is 2.33 bits per heavy atom. The molecule has 18 heavy (non-hydrogen) atoms. The van der Waals surface area contributed by atoms with Gasteiger partial charge in [0.25, 0.3) is 5.91 Å². The van der Waals surface area contributed by atoms with E-state index in [1.54, 1.807) is 17.9 Å². The van der Waals surface area contributed by atoms with Crippen LogP contribution < -0.4 is 0 Å². The van der Waals surface area contributed by atoms with Crippen molar-refractivity contribution in [3.05, 3.63) is 35.1 Å². The van der Waals surface area contributed by atoms with Gasteiger partial charge in [0.1, 0.15) is 5.82 Å². The van der Waals surface area contributed by atoms with Crippen LogP contribution in [0.5, 0.6) is 0 Å². The molecule has 1 amide bonds. The van der Waals surface area contributed by atoms with E-state index >= 15 is 0 Å². The zero-order valence-electron chi connectivity index (χ0n) is 10.2. The number of carbonyl (C=O) groups is 1. The Bertz CT molecular complexity index is 430. The monoisotopic (exact) mass is 253 g/mol. The Kier molecular flexibility index (Phi) is 3.93. The van der Waals surface area contributed by atoms with Crippen LogP contribution in [0.1, 0.15) is 15.9 Å². The van der Waals surface area contributed by atoms with Crippen molar-refractivity contribution in [3.8, 4) is 0 Å². The van der Waals surface area contributed by atoms with Gasteiger partial charge in [-0.25, -0.2) is 4.39 Å². The van der Waals surface area contributed by atoms with Crippen molar-refractivity contribution >= 4 is 5.91 Å². The summed E-state index contributed by atoms with van der Waals surface area (Å²) in [6.45, 7) is 2.82. The molecule has 0 aromatic heterocycles. The molecule has 1 N–H and O–H groups in total. The lowest BCUT2D eigenvalue weighted by molar-refractivity contribution is -0.0447. The van der Waals surface area contributed by atoms with Gasteiger partial charge in [-0.3, -0.25) is 4.79 Å². The van der Waals surface area contributed by atoms with E-state index in [4.69, 9.17) is 9.84 Å². The lowest BCUT2D eigenvalue weighted by Crippen LogP contribution is -2.46. The van der Waals surface area contributed by atoms with Crippen LogP contribution in [0.4, 0.5) is 4.39 Å². The topological polar surface area (TPSA) is 49.8 Å². The molecule has 0 radical (unpaired) electrons. The van der Waals surface area contributed by atoms with Crippen molar-refractivity contribution in [3.63, 3.8) is 0 Å². The minimum Gasteiger partial charge on any atom is -0.394 e. The summed E-state index contributed by atoms with van der Waals surface area (Å²) < 4.78 is 18.5. The summed E-state index contributed by atoms with van der Waals surface area (Å²) in [5.74, 6) is -0.635. The summed E-state index contributed by atoms with van der Waals surface area (Å²) >= 11 is 0. The zero-order chi connectivity index (χ0) is 13.1. The molecule has 2 rings (SSSR count). The van der Waals surface area contributed by atoms with E-state index in [0.717, 1.165) is 0 Å². The molecule has 1 aliphatic heterocycles. The summed E-state index contributed by atoms with van der Waals surface area (Å²) in [6, 6.07) is 4.28. The van der Waals surface area contributed by atoms with E-state index in [9.17, 15) is 9.18 Å². The fourth-order valence-electron chi connectivity index (χ4n) is 2.06. The van der Waals surface area contributed by atoms with Crippen LogP contribution in [-0.4, -0.2) is 48.3 Å². The van der Waals surface area contributed by atoms with E-state index in [-0.39, 0.29) is 18.6 Å². The molecule has 1 heterocycles. The van der Waals surface area contributed by atoms with Gasteiger partial charge in [0.05, 0.1) is 19.3 Å². The molecule has 4 nitrogen and oxygen atoms in total. The minimum atomic E-state index is -0.412. The molecule has 0 aliphatic carbocycles. The van der Waals surface area contributed by atoms with Gasteiger partial charge in [-0.2, -0.15) is 0 Å². The van der Waals surface area contributed by atoms with Crippen LogP contribution >= 0.6 is 0 Å². The van der Waals surface area contributed by atoms with Crippen LogP contribution in [-0.2, 0) is 4.74 Å². The Hall–Kier alpha value is -1.46. The number of rotatable bonds is 2. The number of ether oxygens (including phenoxy) is 1. The van der Waals surface area contributed by atoms with Gasteiger partial charge < -0.3 is 14.7 Å². The zero-order valence-corrected chi connectivity index (χ0v) is 10.2. The average molecular weight is 253 g/mol. The lowest BCUT2D eigenvalue weighted by Gasteiger charge is -2.32. The first kappa shape index (κ1) is 13.0. The Balaban J connectivity index is 2.15. The number of aryl methyl sites for hydroxylation is 1. The lowest BCUT2D eigenvalue weighted by atomic mass is 10.1. The van der Waals surface area contributed by atoms with Crippen molar-refractivity contribution < 1.29 is 19.0 Å². The van der Waals surface area contributed by atoms with Gasteiger partial charge in [-0.05, 0) is 30.7 Å². The van der Waals surface area contributed by atoms with E-state index in [2.05, 4.69) is 0 Å². The Morgan fingerprint density at radius 3 is 3.00 bits per heavy atom. The van der Waals surface area contributed by atoms with Crippen LogP contribution in [0.15, 0.2) is 18.2 Å². The van der Waals surface area contributed by atoms with Gasteiger partial charge >= 0.3 is 0 Å². The third-order valence-electron chi connectivity index (χ3n) is 2.92. The van der Waals surface area contributed by atoms with E-state index in [1.165, 1.54) is 12.1 Å². The molecule has 1 aromatic carbocycles. The SMILES string of the molecule is Cc1cc(F)cc(C(=O)N2CCOC(CO)C2)c1. The van der Waals surface area contributed by atoms with Gasteiger partial charge in [0, 0.05) is 18.7 Å². The number of aliphatic hydroxyl groups excluding tert-OH is 1. The fraction of sp³-hybridized carbons (Fsp3) is 0.462. The summed E-state index contributed by atoms with van der Waals surface area (Å²) in [6.07, 6.45) is -0.350. The van der Waals surface area contributed by atoms with Gasteiger partial charge in [0.2, 0.25) is 0 Å². The molecule has 0 bridgehead atoms. The number of nitrogens with zero attached hydrogens (tertiary/aromatic N) is 1. The quantitative estimate of drug-likeness (QED) is 0.854. The maximum Gasteiger partial charge on any atom is 0.254 e. The summed E-state index contributed by atoms with van der Waals surface area (Å²) in [4.78, 5) is 13.8. The number of morpholine rings is 1. The summed E-state index contributed by atoms with van der Waals surface area (Å²) in [5.41, 5.74) is 1.05. The van der Waals surface area contributed by atoms with Crippen LogP contribution in [0.2, 0.25) is 0 Å². The smallest absolute Gasteiger partial charge is 0.254 e. The number of benzene rings is 1. The van der Waals surface area contributed by atoms with Crippen molar-refractivity contribution in [2.45, 2.75) is 13.0 Å². The van der Waals surface area contributed by atoms with Crippen molar-refractivity contribution in [1.82, 2.24) is 4.90 Å². The summed E-state index contributed by atoms with van der Waals surface area (Å²) in [5, 5.41) is 9.03. The van der Waals surface area contributed by atoms with E-state index in [0.29, 0.717) is 30.8 Å². The molecular weight excluding hydrogens is 237 g/mol. The maximum atomic E-state index is 13.3.